The van der Waals surface area contributed by atoms with Crippen molar-refractivity contribution in [2.75, 3.05) is 14.2 Å². The molecule has 4 nitrogen and oxygen atoms in total. The number of Topliss-reactive ketones (excluding diaryl/α,β-unsaturated/α-hetero) is 2. The summed E-state index contributed by atoms with van der Waals surface area (Å²) in [6.45, 7) is 0. The Labute approximate surface area is 171 Å². The summed E-state index contributed by atoms with van der Waals surface area (Å²) >= 11 is 13.0. The standard InChI is InChI=1S/C22H14Cl2O4/c1-27-21-13-9-5-6-10-14(13)22(28-2)18(24)16(21)15-17(23)20(26)12-8-4-3-7-11(12)19(15)25/h3-10H,1-2H3. The summed E-state index contributed by atoms with van der Waals surface area (Å²) in [7, 11) is 2.97. The summed E-state index contributed by atoms with van der Waals surface area (Å²) in [5.74, 6) is -0.0888. The van der Waals surface area contributed by atoms with E-state index in [1.807, 2.05) is 24.3 Å². The molecule has 0 amide bonds. The highest BCUT2D eigenvalue weighted by molar-refractivity contribution is 6.57. The molecule has 0 spiro atoms. The molecule has 3 aromatic rings. The van der Waals surface area contributed by atoms with Crippen molar-refractivity contribution >= 4 is 51.1 Å². The van der Waals surface area contributed by atoms with Gasteiger partial charge in [-0.2, -0.15) is 0 Å². The monoisotopic (exact) mass is 412 g/mol. The third-order valence-corrected chi connectivity index (χ3v) is 5.50. The van der Waals surface area contributed by atoms with Gasteiger partial charge in [0.15, 0.2) is 5.78 Å². The van der Waals surface area contributed by atoms with Gasteiger partial charge in [0.1, 0.15) is 16.5 Å². The molecule has 28 heavy (non-hydrogen) atoms. The van der Waals surface area contributed by atoms with Crippen molar-refractivity contribution in [1.29, 1.82) is 0 Å². The van der Waals surface area contributed by atoms with Crippen LogP contribution in [0.25, 0.3) is 16.3 Å². The van der Waals surface area contributed by atoms with E-state index in [9.17, 15) is 9.59 Å². The Morgan fingerprint density at radius 1 is 0.714 bits per heavy atom. The van der Waals surface area contributed by atoms with E-state index in [1.54, 1.807) is 24.3 Å². The number of hydrogen-bond acceptors (Lipinski definition) is 4. The molecule has 0 atom stereocenters. The maximum atomic E-state index is 13.3. The third kappa shape index (κ3) is 2.53. The number of hydrogen-bond donors (Lipinski definition) is 0. The Bertz CT molecular complexity index is 1190. The topological polar surface area (TPSA) is 52.6 Å². The molecular weight excluding hydrogens is 399 g/mol. The number of benzene rings is 3. The van der Waals surface area contributed by atoms with Crippen LogP contribution in [0.3, 0.4) is 0 Å². The van der Waals surface area contributed by atoms with Crippen molar-refractivity contribution in [3.63, 3.8) is 0 Å². The summed E-state index contributed by atoms with van der Waals surface area (Å²) < 4.78 is 11.1. The number of carbonyl (C=O) groups excluding carboxylic acids is 2. The molecule has 0 unspecified atom stereocenters. The van der Waals surface area contributed by atoms with E-state index in [1.165, 1.54) is 14.2 Å². The second-order valence-electron chi connectivity index (χ2n) is 6.19. The summed E-state index contributed by atoms with van der Waals surface area (Å²) in [6, 6.07) is 13.9. The number of halogens is 2. The number of ketones is 2. The molecule has 0 bridgehead atoms. The zero-order valence-electron chi connectivity index (χ0n) is 15.0. The SMILES string of the molecule is COc1c(Cl)c(C2=C(Cl)C(=O)c3ccccc3C2=O)c(OC)c2ccccc12. The van der Waals surface area contributed by atoms with Crippen LogP contribution in [-0.2, 0) is 0 Å². The molecule has 6 heteroatoms. The van der Waals surface area contributed by atoms with Crippen LogP contribution in [0.15, 0.2) is 53.6 Å². The van der Waals surface area contributed by atoms with Crippen LogP contribution >= 0.6 is 23.2 Å². The molecule has 0 saturated heterocycles. The quantitative estimate of drug-likeness (QED) is 0.566. The Morgan fingerprint density at radius 2 is 1.21 bits per heavy atom. The Balaban J connectivity index is 2.13. The first-order chi connectivity index (χ1) is 13.5. The van der Waals surface area contributed by atoms with E-state index in [-0.39, 0.29) is 32.3 Å². The summed E-state index contributed by atoms with van der Waals surface area (Å²) in [6.07, 6.45) is 0. The van der Waals surface area contributed by atoms with Crippen molar-refractivity contribution in [2.24, 2.45) is 0 Å². The minimum Gasteiger partial charge on any atom is -0.495 e. The number of allylic oxidation sites excluding steroid dienone is 2. The van der Waals surface area contributed by atoms with E-state index >= 15 is 0 Å². The molecule has 1 aliphatic rings. The average molecular weight is 413 g/mol. The van der Waals surface area contributed by atoms with Gasteiger partial charge in [-0.15, -0.1) is 0 Å². The second-order valence-corrected chi connectivity index (χ2v) is 6.95. The molecule has 4 rings (SSSR count). The van der Waals surface area contributed by atoms with E-state index in [0.29, 0.717) is 16.9 Å². The fourth-order valence-corrected chi connectivity index (χ4v) is 4.19. The molecule has 140 valence electrons. The van der Waals surface area contributed by atoms with E-state index < -0.39 is 11.6 Å². The number of rotatable bonds is 3. The van der Waals surface area contributed by atoms with Crippen LogP contribution in [0, 0.1) is 0 Å². The number of methoxy groups -OCH3 is 2. The second kappa shape index (κ2) is 6.97. The van der Waals surface area contributed by atoms with Gasteiger partial charge in [0.05, 0.1) is 30.4 Å². The van der Waals surface area contributed by atoms with Crippen LogP contribution in [0.2, 0.25) is 5.02 Å². The highest BCUT2D eigenvalue weighted by Gasteiger charge is 2.36. The van der Waals surface area contributed by atoms with Gasteiger partial charge in [-0.1, -0.05) is 71.7 Å². The zero-order valence-corrected chi connectivity index (χ0v) is 16.5. The molecular formula is C22H14Cl2O4. The first-order valence-corrected chi connectivity index (χ1v) is 9.17. The van der Waals surface area contributed by atoms with E-state index in [2.05, 4.69) is 0 Å². The molecule has 0 N–H and O–H groups in total. The van der Waals surface area contributed by atoms with Gasteiger partial charge < -0.3 is 9.47 Å². The van der Waals surface area contributed by atoms with Crippen molar-refractivity contribution in [1.82, 2.24) is 0 Å². The van der Waals surface area contributed by atoms with Gasteiger partial charge in [-0.05, 0) is 0 Å². The van der Waals surface area contributed by atoms with Gasteiger partial charge >= 0.3 is 0 Å². The van der Waals surface area contributed by atoms with Gasteiger partial charge in [0.2, 0.25) is 5.78 Å². The minimum absolute atomic E-state index is 0.0104. The fourth-order valence-electron chi connectivity index (χ4n) is 3.55. The third-order valence-electron chi connectivity index (χ3n) is 4.78. The summed E-state index contributed by atoms with van der Waals surface area (Å²) in [5.41, 5.74) is 0.801. The maximum Gasteiger partial charge on any atom is 0.205 e. The van der Waals surface area contributed by atoms with Gasteiger partial charge in [-0.25, -0.2) is 0 Å². The molecule has 3 aromatic carbocycles. The van der Waals surface area contributed by atoms with Crippen molar-refractivity contribution < 1.29 is 19.1 Å². The summed E-state index contributed by atoms with van der Waals surface area (Å²) in [4.78, 5) is 26.1. The summed E-state index contributed by atoms with van der Waals surface area (Å²) in [5, 5.41) is 1.38. The average Bonchev–Trinajstić information content (AvgIpc) is 2.72. The highest BCUT2D eigenvalue weighted by atomic mass is 35.5. The van der Waals surface area contributed by atoms with Gasteiger partial charge in [-0.3, -0.25) is 9.59 Å². The highest BCUT2D eigenvalue weighted by Crippen LogP contribution is 2.49. The van der Waals surface area contributed by atoms with Crippen molar-refractivity contribution in [3.8, 4) is 11.5 Å². The number of fused-ring (bicyclic) bond motifs is 2. The number of carbonyl (C=O) groups is 2. The molecule has 0 aliphatic heterocycles. The smallest absolute Gasteiger partial charge is 0.205 e. The lowest BCUT2D eigenvalue weighted by Gasteiger charge is -2.22. The molecule has 0 aromatic heterocycles. The van der Waals surface area contributed by atoms with Crippen LogP contribution < -0.4 is 9.47 Å². The lowest BCUT2D eigenvalue weighted by atomic mass is 9.85. The first kappa shape index (κ1) is 18.5. The minimum atomic E-state index is -0.433. The largest absolute Gasteiger partial charge is 0.495 e. The lowest BCUT2D eigenvalue weighted by molar-refractivity contribution is 0.0998. The number of ether oxygens (including phenoxy) is 2. The van der Waals surface area contributed by atoms with Crippen LogP contribution in [0.1, 0.15) is 26.3 Å². The predicted molar refractivity (Wildman–Crippen MR) is 110 cm³/mol. The Hall–Kier alpha value is -2.82. The first-order valence-electron chi connectivity index (χ1n) is 8.42. The van der Waals surface area contributed by atoms with Crippen LogP contribution in [0.5, 0.6) is 11.5 Å². The van der Waals surface area contributed by atoms with Crippen LogP contribution in [0.4, 0.5) is 0 Å². The fraction of sp³-hybridized carbons (Fsp3) is 0.0909. The van der Waals surface area contributed by atoms with E-state index in [4.69, 9.17) is 32.7 Å². The van der Waals surface area contributed by atoms with Gasteiger partial charge in [0, 0.05) is 21.9 Å². The molecule has 0 fully saturated rings. The predicted octanol–water partition coefficient (Wildman–Crippen LogP) is 5.54. The molecule has 0 heterocycles. The molecule has 0 saturated carbocycles. The zero-order chi connectivity index (χ0) is 20.0. The molecule has 0 radical (unpaired) electrons. The lowest BCUT2D eigenvalue weighted by Crippen LogP contribution is -2.20. The normalized spacial score (nSPS) is 13.7. The van der Waals surface area contributed by atoms with Crippen molar-refractivity contribution in [2.45, 2.75) is 0 Å². The van der Waals surface area contributed by atoms with E-state index in [0.717, 1.165) is 5.39 Å². The molecule has 1 aliphatic carbocycles. The van der Waals surface area contributed by atoms with Gasteiger partial charge in [0.25, 0.3) is 0 Å². The Morgan fingerprint density at radius 3 is 1.79 bits per heavy atom. The maximum absolute atomic E-state index is 13.3. The van der Waals surface area contributed by atoms with Crippen molar-refractivity contribution in [3.05, 3.63) is 75.3 Å². The Kier molecular flexibility index (Phi) is 4.61. The van der Waals surface area contributed by atoms with Crippen LogP contribution in [-0.4, -0.2) is 25.8 Å².